The van der Waals surface area contributed by atoms with Gasteiger partial charge in [-0.1, -0.05) is 12.1 Å². The normalized spacial score (nSPS) is 17.3. The Morgan fingerprint density at radius 1 is 1.45 bits per heavy atom. The van der Waals surface area contributed by atoms with Crippen molar-refractivity contribution in [2.45, 2.75) is 19.9 Å². The molecule has 3 N–H and O–H groups in total. The van der Waals surface area contributed by atoms with Crippen molar-refractivity contribution in [3.63, 3.8) is 0 Å². The molecule has 0 saturated carbocycles. The van der Waals surface area contributed by atoms with E-state index >= 15 is 0 Å². The Morgan fingerprint density at radius 3 is 2.55 bits per heavy atom. The highest BCUT2D eigenvalue weighted by atomic mass is 15.3. The number of aliphatic imine (C=N–C) groups is 1. The Hall–Kier alpha value is -1.26. The van der Waals surface area contributed by atoms with Crippen LogP contribution in [0.4, 0.5) is 0 Å². The summed E-state index contributed by atoms with van der Waals surface area (Å²) in [7, 11) is 0. The van der Waals surface area contributed by atoms with Crippen LogP contribution in [-0.4, -0.2) is 18.6 Å². The predicted octanol–water partition coefficient (Wildman–Crippen LogP) is 1.01. The lowest BCUT2D eigenvalue weighted by molar-refractivity contribution is 0.589. The lowest BCUT2D eigenvalue weighted by Gasteiger charge is -2.07. The number of nitrogens with one attached hydrogen (secondary N) is 1. The van der Waals surface area contributed by atoms with E-state index in [1.807, 2.05) is 13.8 Å². The second kappa shape index (κ2) is 5.52. The van der Waals surface area contributed by atoms with Crippen molar-refractivity contribution in [3.8, 4) is 0 Å². The first-order valence-electron chi connectivity index (χ1n) is 3.34. The van der Waals surface area contributed by atoms with E-state index in [-0.39, 0.29) is 12.0 Å². The molecular weight excluding hydrogens is 142 g/mol. The quantitative estimate of drug-likeness (QED) is 0.205. The van der Waals surface area contributed by atoms with E-state index < -0.39 is 0 Å². The van der Waals surface area contributed by atoms with E-state index in [1.165, 1.54) is 0 Å². The zero-order valence-electron chi connectivity index (χ0n) is 6.73. The maximum Gasteiger partial charge on any atom is 0.106 e. The number of nitrogens with zero attached hydrogens (tertiary/aromatic N) is 3. The van der Waals surface area contributed by atoms with Crippen molar-refractivity contribution in [2.75, 3.05) is 0 Å². The molecule has 0 heterocycles. The van der Waals surface area contributed by atoms with Crippen molar-refractivity contribution in [1.82, 2.24) is 0 Å². The van der Waals surface area contributed by atoms with Crippen LogP contribution in [0.2, 0.25) is 0 Å². The van der Waals surface area contributed by atoms with Gasteiger partial charge in [0.05, 0.1) is 6.04 Å². The molecule has 0 aromatic heterocycles. The fourth-order valence-electron chi connectivity index (χ4n) is 0.514. The minimum atomic E-state index is 0.0173. The second-order valence-electron chi connectivity index (χ2n) is 2.26. The highest BCUT2D eigenvalue weighted by Crippen LogP contribution is 2.03. The molecule has 0 bridgehead atoms. The summed E-state index contributed by atoms with van der Waals surface area (Å²) in [6.07, 6.45) is 2.63. The van der Waals surface area contributed by atoms with E-state index in [0.717, 1.165) is 6.34 Å². The van der Waals surface area contributed by atoms with Crippen LogP contribution < -0.4 is 5.84 Å². The topological polar surface area (TPSA) is 86.9 Å². The molecule has 5 heteroatoms. The van der Waals surface area contributed by atoms with E-state index in [0.29, 0.717) is 0 Å². The molecule has 11 heavy (non-hydrogen) atoms. The average Bonchev–Trinajstić information content (AvgIpc) is 2.00. The molecule has 5 nitrogen and oxygen atoms in total. The number of hydrogen-bond donors (Lipinski definition) is 2. The van der Waals surface area contributed by atoms with Gasteiger partial charge in [0.1, 0.15) is 6.34 Å². The van der Waals surface area contributed by atoms with Gasteiger partial charge >= 0.3 is 0 Å². The van der Waals surface area contributed by atoms with Gasteiger partial charge in [-0.2, -0.15) is 5.11 Å². The molecule has 0 aliphatic carbocycles. The van der Waals surface area contributed by atoms with Gasteiger partial charge in [0.25, 0.3) is 0 Å². The summed E-state index contributed by atoms with van der Waals surface area (Å²) in [6.45, 7) is 3.82. The maximum atomic E-state index is 6.64. The average molecular weight is 155 g/mol. The summed E-state index contributed by atoms with van der Waals surface area (Å²) in [5.74, 6) is 5.02. The third-order valence-corrected chi connectivity index (χ3v) is 1.41. The van der Waals surface area contributed by atoms with Gasteiger partial charge in [-0.05, 0) is 6.92 Å². The Bertz CT molecular complexity index is 162. The van der Waals surface area contributed by atoms with Gasteiger partial charge in [-0.3, -0.25) is 5.41 Å². The van der Waals surface area contributed by atoms with Crippen LogP contribution in [0.25, 0.3) is 0 Å². The zero-order chi connectivity index (χ0) is 8.69. The van der Waals surface area contributed by atoms with Gasteiger partial charge in [-0.25, -0.2) is 4.99 Å². The Morgan fingerprint density at radius 2 is 2.09 bits per heavy atom. The molecule has 0 aromatic carbocycles. The van der Waals surface area contributed by atoms with Crippen molar-refractivity contribution in [1.29, 1.82) is 5.41 Å². The van der Waals surface area contributed by atoms with E-state index in [2.05, 4.69) is 15.3 Å². The standard InChI is InChI=1S/C6H13N5/c1-5(3-9-4-7)6(2)10-11-8/h3-7H,1-2H3,(H2,8,10)/t5-,6-/m0/s1. The Labute approximate surface area is 65.9 Å². The van der Waals surface area contributed by atoms with Crippen molar-refractivity contribution in [3.05, 3.63) is 0 Å². The minimum absolute atomic E-state index is 0.0173. The molecule has 0 aromatic rings. The summed E-state index contributed by atoms with van der Waals surface area (Å²) in [5.41, 5.74) is 0. The van der Waals surface area contributed by atoms with Gasteiger partial charge in [-0.15, -0.1) is 0 Å². The highest BCUT2D eigenvalue weighted by Gasteiger charge is 2.07. The van der Waals surface area contributed by atoms with Gasteiger partial charge in [0, 0.05) is 12.1 Å². The van der Waals surface area contributed by atoms with Crippen molar-refractivity contribution < 1.29 is 0 Å². The van der Waals surface area contributed by atoms with Gasteiger partial charge < -0.3 is 5.84 Å². The summed E-state index contributed by atoms with van der Waals surface area (Å²) in [4.78, 5) is 3.65. The maximum absolute atomic E-state index is 6.64. The molecule has 0 rings (SSSR count). The molecule has 0 aliphatic heterocycles. The fourth-order valence-corrected chi connectivity index (χ4v) is 0.514. The molecule has 0 saturated heterocycles. The van der Waals surface area contributed by atoms with Crippen LogP contribution in [0.3, 0.4) is 0 Å². The first-order chi connectivity index (χ1) is 5.22. The molecule has 0 spiro atoms. The molecule has 62 valence electrons. The SMILES string of the molecule is C[C@H](N=NN)[C@@H](C)C=NC=N. The lowest BCUT2D eigenvalue weighted by Crippen LogP contribution is -2.12. The van der Waals surface area contributed by atoms with E-state index in [4.69, 9.17) is 11.3 Å². The highest BCUT2D eigenvalue weighted by molar-refractivity contribution is 5.72. The summed E-state index contributed by atoms with van der Waals surface area (Å²) < 4.78 is 0. The molecule has 0 aliphatic rings. The summed E-state index contributed by atoms with van der Waals surface area (Å²) >= 11 is 0. The largest absolute Gasteiger partial charge is 0.305 e. The summed E-state index contributed by atoms with van der Waals surface area (Å²) in [6, 6.07) is 0.0173. The summed E-state index contributed by atoms with van der Waals surface area (Å²) in [5, 5.41) is 13.5. The Kier molecular flexibility index (Phi) is 4.89. The monoisotopic (exact) mass is 155 g/mol. The van der Waals surface area contributed by atoms with E-state index in [9.17, 15) is 0 Å². The molecule has 2 atom stereocenters. The van der Waals surface area contributed by atoms with Crippen LogP contribution in [0, 0.1) is 11.3 Å². The number of nitrogens with two attached hydrogens (primary N) is 1. The molecule has 0 radical (unpaired) electrons. The lowest BCUT2D eigenvalue weighted by atomic mass is 10.1. The molecular formula is C6H13N5. The third-order valence-electron chi connectivity index (χ3n) is 1.41. The van der Waals surface area contributed by atoms with Crippen LogP contribution in [0.1, 0.15) is 13.8 Å². The molecule has 0 amide bonds. The number of hydrogen-bond acceptors (Lipinski definition) is 3. The zero-order valence-corrected chi connectivity index (χ0v) is 6.73. The fraction of sp³-hybridized carbons (Fsp3) is 0.667. The van der Waals surface area contributed by atoms with Gasteiger partial charge in [0.2, 0.25) is 0 Å². The van der Waals surface area contributed by atoms with Crippen LogP contribution >= 0.6 is 0 Å². The van der Waals surface area contributed by atoms with Crippen molar-refractivity contribution in [2.24, 2.45) is 27.1 Å². The van der Waals surface area contributed by atoms with E-state index in [1.54, 1.807) is 6.21 Å². The smallest absolute Gasteiger partial charge is 0.106 e. The van der Waals surface area contributed by atoms with Crippen LogP contribution in [0.5, 0.6) is 0 Å². The minimum Gasteiger partial charge on any atom is -0.305 e. The number of rotatable bonds is 4. The van der Waals surface area contributed by atoms with Gasteiger partial charge in [0.15, 0.2) is 0 Å². The third kappa shape index (κ3) is 4.19. The molecule has 0 unspecified atom stereocenters. The van der Waals surface area contributed by atoms with Crippen LogP contribution in [-0.2, 0) is 0 Å². The Balaban J connectivity index is 3.90. The first-order valence-corrected chi connectivity index (χ1v) is 3.34. The molecule has 0 fully saturated rings. The van der Waals surface area contributed by atoms with Crippen LogP contribution in [0.15, 0.2) is 15.3 Å². The van der Waals surface area contributed by atoms with Crippen molar-refractivity contribution >= 4 is 12.6 Å². The second-order valence-corrected chi connectivity index (χ2v) is 2.26. The predicted molar refractivity (Wildman–Crippen MR) is 44.9 cm³/mol. The first kappa shape index (κ1) is 9.74.